The van der Waals surface area contributed by atoms with Crippen LogP contribution in [0.5, 0.6) is 0 Å². The number of allylic oxidation sites excluding steroid dienone is 1. The second-order valence-electron chi connectivity index (χ2n) is 5.69. The molecule has 3 atom stereocenters. The summed E-state index contributed by atoms with van der Waals surface area (Å²) in [6.07, 6.45) is 7.85. The van der Waals surface area contributed by atoms with E-state index < -0.39 is 5.79 Å². The minimum Gasteiger partial charge on any atom is -0.344 e. The maximum absolute atomic E-state index is 12.1. The molecule has 0 bridgehead atoms. The molecule has 2 aliphatic carbocycles. The highest BCUT2D eigenvalue weighted by Gasteiger charge is 2.41. The van der Waals surface area contributed by atoms with Gasteiger partial charge in [-0.2, -0.15) is 0 Å². The summed E-state index contributed by atoms with van der Waals surface area (Å²) in [5, 5.41) is 0. The highest BCUT2D eigenvalue weighted by atomic mass is 16.7. The third-order valence-corrected chi connectivity index (χ3v) is 4.33. The van der Waals surface area contributed by atoms with Crippen LogP contribution in [-0.4, -0.2) is 24.8 Å². The van der Waals surface area contributed by atoms with E-state index in [1.165, 1.54) is 0 Å². The van der Waals surface area contributed by atoms with Crippen LogP contribution < -0.4 is 0 Å². The molecule has 1 heterocycles. The summed E-state index contributed by atoms with van der Waals surface area (Å²) in [7, 11) is 0. The summed E-state index contributed by atoms with van der Waals surface area (Å²) in [6, 6.07) is 0. The summed E-state index contributed by atoms with van der Waals surface area (Å²) in [4.78, 5) is 12.1. The van der Waals surface area contributed by atoms with Gasteiger partial charge in [-0.25, -0.2) is 0 Å². The zero-order valence-corrected chi connectivity index (χ0v) is 10.4. The number of hydrogen-bond donors (Lipinski definition) is 0. The third-order valence-electron chi connectivity index (χ3n) is 4.33. The third kappa shape index (κ3) is 2.06. The first-order valence-corrected chi connectivity index (χ1v) is 6.68. The molecule has 0 N–H and O–H groups in total. The van der Waals surface area contributed by atoms with E-state index in [2.05, 4.69) is 19.1 Å². The second-order valence-corrected chi connectivity index (χ2v) is 5.69. The first-order chi connectivity index (χ1) is 8.19. The molecule has 1 spiro atoms. The van der Waals surface area contributed by atoms with Gasteiger partial charge in [-0.15, -0.1) is 0 Å². The lowest BCUT2D eigenvalue weighted by molar-refractivity contribution is -0.132. The maximum atomic E-state index is 12.1. The van der Waals surface area contributed by atoms with Gasteiger partial charge in [-0.05, 0) is 30.8 Å². The normalized spacial score (nSPS) is 40.3. The van der Waals surface area contributed by atoms with Crippen LogP contribution in [0.25, 0.3) is 0 Å². The minimum absolute atomic E-state index is 0.203. The van der Waals surface area contributed by atoms with Gasteiger partial charge in [0.25, 0.3) is 0 Å². The molecule has 3 heteroatoms. The molecule has 3 aliphatic rings. The molecule has 0 aromatic carbocycles. The van der Waals surface area contributed by atoms with Crippen molar-refractivity contribution in [3.8, 4) is 0 Å². The van der Waals surface area contributed by atoms with Crippen molar-refractivity contribution < 1.29 is 14.3 Å². The molecule has 0 radical (unpaired) electrons. The van der Waals surface area contributed by atoms with E-state index in [-0.39, 0.29) is 5.92 Å². The lowest BCUT2D eigenvalue weighted by Gasteiger charge is -2.31. The molecule has 0 unspecified atom stereocenters. The van der Waals surface area contributed by atoms with Crippen LogP contribution >= 0.6 is 0 Å². The summed E-state index contributed by atoms with van der Waals surface area (Å²) >= 11 is 0. The van der Waals surface area contributed by atoms with E-state index in [9.17, 15) is 4.79 Å². The van der Waals surface area contributed by atoms with Crippen molar-refractivity contribution in [3.05, 3.63) is 12.2 Å². The Morgan fingerprint density at radius 1 is 1.35 bits per heavy atom. The number of fused-ring (bicyclic) bond motifs is 1. The molecule has 17 heavy (non-hydrogen) atoms. The Bertz CT molecular complexity index is 341. The Morgan fingerprint density at radius 3 is 2.88 bits per heavy atom. The average Bonchev–Trinajstić information content (AvgIpc) is 2.65. The van der Waals surface area contributed by atoms with Crippen LogP contribution in [0.1, 0.15) is 32.6 Å². The van der Waals surface area contributed by atoms with E-state index in [0.717, 1.165) is 25.7 Å². The Morgan fingerprint density at radius 2 is 2.12 bits per heavy atom. The van der Waals surface area contributed by atoms with Crippen molar-refractivity contribution >= 4 is 5.78 Å². The van der Waals surface area contributed by atoms with E-state index in [1.54, 1.807) is 0 Å². The van der Waals surface area contributed by atoms with Crippen molar-refractivity contribution in [2.75, 3.05) is 13.2 Å². The summed E-state index contributed by atoms with van der Waals surface area (Å²) in [5.74, 6) is 1.05. The Kier molecular flexibility index (Phi) is 2.83. The predicted octanol–water partition coefficient (Wildman–Crippen LogP) is 2.31. The van der Waals surface area contributed by atoms with Crippen molar-refractivity contribution in [3.63, 3.8) is 0 Å². The lowest BCUT2D eigenvalue weighted by atomic mass is 9.73. The Labute approximate surface area is 102 Å². The van der Waals surface area contributed by atoms with Gasteiger partial charge >= 0.3 is 0 Å². The number of hydrogen-bond acceptors (Lipinski definition) is 3. The molecule has 94 valence electrons. The molecular weight excluding hydrogens is 216 g/mol. The smallest absolute Gasteiger partial charge is 0.188 e. The largest absolute Gasteiger partial charge is 0.344 e. The number of ketones is 1. The van der Waals surface area contributed by atoms with Gasteiger partial charge in [0.1, 0.15) is 5.78 Å². The van der Waals surface area contributed by atoms with Crippen molar-refractivity contribution in [2.45, 2.75) is 38.4 Å². The minimum atomic E-state index is -0.513. The van der Waals surface area contributed by atoms with Gasteiger partial charge < -0.3 is 9.47 Å². The molecule has 3 nitrogen and oxygen atoms in total. The number of ether oxygens (including phenoxy) is 2. The number of carbonyl (C=O) groups is 1. The molecule has 1 saturated carbocycles. The topological polar surface area (TPSA) is 35.5 Å². The van der Waals surface area contributed by atoms with Crippen LogP contribution in [0.15, 0.2) is 12.2 Å². The average molecular weight is 236 g/mol. The van der Waals surface area contributed by atoms with E-state index in [0.29, 0.717) is 30.8 Å². The van der Waals surface area contributed by atoms with Crippen LogP contribution in [0.2, 0.25) is 0 Å². The standard InChI is InChI=1S/C14H20O3/c1-10-8-11-2-4-14(16-6-7-17-14)5-3-12(11)13(15)9-10/h2,4,10-12H,3,5-9H2,1H3/t10-,11-,12-/m1/s1. The van der Waals surface area contributed by atoms with Gasteiger partial charge in [0.2, 0.25) is 0 Å². The highest BCUT2D eigenvalue weighted by Crippen LogP contribution is 2.41. The molecule has 0 aromatic rings. The molecule has 1 aliphatic heterocycles. The summed E-state index contributed by atoms with van der Waals surface area (Å²) < 4.78 is 11.4. The SMILES string of the molecule is C[C@H]1CC(=O)[C@@H]2CCC3(C=C[C@@H]2C1)OCCO3. The molecule has 2 fully saturated rings. The van der Waals surface area contributed by atoms with Gasteiger partial charge in [-0.1, -0.05) is 13.0 Å². The second kappa shape index (κ2) is 4.21. The van der Waals surface area contributed by atoms with Crippen LogP contribution in [0, 0.1) is 17.8 Å². The van der Waals surface area contributed by atoms with Gasteiger partial charge in [0.05, 0.1) is 13.2 Å². The van der Waals surface area contributed by atoms with Gasteiger partial charge in [0.15, 0.2) is 5.79 Å². The fourth-order valence-electron chi connectivity index (χ4n) is 3.45. The Balaban J connectivity index is 1.81. The van der Waals surface area contributed by atoms with Crippen molar-refractivity contribution in [1.29, 1.82) is 0 Å². The first-order valence-electron chi connectivity index (χ1n) is 6.68. The van der Waals surface area contributed by atoms with Gasteiger partial charge in [0, 0.05) is 18.8 Å². The summed E-state index contributed by atoms with van der Waals surface area (Å²) in [6.45, 7) is 3.51. The van der Waals surface area contributed by atoms with Gasteiger partial charge in [-0.3, -0.25) is 4.79 Å². The van der Waals surface area contributed by atoms with Crippen molar-refractivity contribution in [1.82, 2.24) is 0 Å². The maximum Gasteiger partial charge on any atom is 0.188 e. The van der Waals surface area contributed by atoms with E-state index in [4.69, 9.17) is 9.47 Å². The molecule has 3 rings (SSSR count). The molecule has 0 amide bonds. The molecule has 0 aromatic heterocycles. The highest BCUT2D eigenvalue weighted by molar-refractivity contribution is 5.82. The van der Waals surface area contributed by atoms with E-state index >= 15 is 0 Å². The zero-order valence-electron chi connectivity index (χ0n) is 10.4. The molecule has 1 saturated heterocycles. The number of rotatable bonds is 0. The fraction of sp³-hybridized carbons (Fsp3) is 0.786. The number of carbonyl (C=O) groups excluding carboxylic acids is 1. The van der Waals surface area contributed by atoms with Crippen LogP contribution in [0.3, 0.4) is 0 Å². The van der Waals surface area contributed by atoms with Crippen LogP contribution in [-0.2, 0) is 14.3 Å². The quantitative estimate of drug-likeness (QED) is 0.605. The predicted molar refractivity (Wildman–Crippen MR) is 63.4 cm³/mol. The lowest BCUT2D eigenvalue weighted by Crippen LogP contribution is -2.31. The number of Topliss-reactive ketones (excluding diaryl/α,β-unsaturated/α-hetero) is 1. The summed E-state index contributed by atoms with van der Waals surface area (Å²) in [5.41, 5.74) is 0. The molecular formula is C14H20O3. The van der Waals surface area contributed by atoms with Crippen molar-refractivity contribution in [2.24, 2.45) is 17.8 Å². The fourth-order valence-corrected chi connectivity index (χ4v) is 3.45. The van der Waals surface area contributed by atoms with E-state index in [1.807, 2.05) is 0 Å². The zero-order chi connectivity index (χ0) is 11.9. The van der Waals surface area contributed by atoms with Crippen LogP contribution in [0.4, 0.5) is 0 Å². The first kappa shape index (κ1) is 11.4. The Hall–Kier alpha value is -0.670. The monoisotopic (exact) mass is 236 g/mol.